The molecule has 2 rings (SSSR count). The molecule has 2 fully saturated rings. The van der Waals surface area contributed by atoms with Gasteiger partial charge in [-0.2, -0.15) is 0 Å². The monoisotopic (exact) mass is 353 g/mol. The fourth-order valence-corrected chi connectivity index (χ4v) is 3.48. The molecule has 0 aromatic heterocycles. The lowest BCUT2D eigenvalue weighted by atomic mass is 10.1. The van der Waals surface area contributed by atoms with Crippen LogP contribution in [0.15, 0.2) is 4.99 Å². The summed E-state index contributed by atoms with van der Waals surface area (Å²) in [6.07, 6.45) is 2.55. The summed E-state index contributed by atoms with van der Waals surface area (Å²) in [5, 5.41) is 3.42. The van der Waals surface area contributed by atoms with E-state index in [1.807, 2.05) is 4.90 Å². The van der Waals surface area contributed by atoms with Crippen LogP contribution in [0.3, 0.4) is 0 Å². The van der Waals surface area contributed by atoms with Crippen molar-refractivity contribution in [1.29, 1.82) is 0 Å². The maximum absolute atomic E-state index is 11.4. The van der Waals surface area contributed by atoms with E-state index in [1.165, 1.54) is 0 Å². The van der Waals surface area contributed by atoms with Crippen LogP contribution in [-0.4, -0.2) is 98.2 Å². The second-order valence-corrected chi connectivity index (χ2v) is 6.73. The van der Waals surface area contributed by atoms with E-state index in [9.17, 15) is 4.79 Å². The zero-order valence-electron chi connectivity index (χ0n) is 16.2. The fourth-order valence-electron chi connectivity index (χ4n) is 3.48. The van der Waals surface area contributed by atoms with E-state index in [-0.39, 0.29) is 5.91 Å². The van der Waals surface area contributed by atoms with Gasteiger partial charge in [-0.05, 0) is 26.7 Å². The molecule has 25 heavy (non-hydrogen) atoms. The Hall–Kier alpha value is -1.34. The van der Waals surface area contributed by atoms with Crippen LogP contribution in [0.1, 0.15) is 33.6 Å². The lowest BCUT2D eigenvalue weighted by Crippen LogP contribution is -2.49. The van der Waals surface area contributed by atoms with Crippen LogP contribution >= 0.6 is 0 Å². The number of aliphatic imine (C=N–C) groups is 1. The Labute approximate surface area is 152 Å². The number of hydrogen-bond donors (Lipinski definition) is 1. The third-order valence-corrected chi connectivity index (χ3v) is 4.97. The van der Waals surface area contributed by atoms with Crippen LogP contribution in [0, 0.1) is 0 Å². The average Bonchev–Trinajstić information content (AvgIpc) is 2.62. The van der Waals surface area contributed by atoms with E-state index in [1.54, 1.807) is 6.92 Å². The van der Waals surface area contributed by atoms with Crippen molar-refractivity contribution in [2.75, 3.05) is 65.5 Å². The highest BCUT2D eigenvalue weighted by atomic mass is 16.5. The van der Waals surface area contributed by atoms with Crippen LogP contribution in [0.2, 0.25) is 0 Å². The first-order valence-corrected chi connectivity index (χ1v) is 9.76. The molecule has 1 N–H and O–H groups in total. The first-order chi connectivity index (χ1) is 12.1. The number of piperazine rings is 1. The van der Waals surface area contributed by atoms with Gasteiger partial charge in [-0.25, -0.2) is 0 Å². The number of nitrogens with zero attached hydrogens (tertiary/aromatic N) is 4. The summed E-state index contributed by atoms with van der Waals surface area (Å²) in [5.41, 5.74) is 0. The molecule has 7 nitrogen and oxygen atoms in total. The Bertz CT molecular complexity index is 427. The molecule has 0 unspecified atom stereocenters. The first-order valence-electron chi connectivity index (χ1n) is 9.76. The SMILES string of the molecule is CCNC(=NCCN1CCN(C(C)=O)CC1)N1CCC(OCC)CC1. The Morgan fingerprint density at radius 1 is 1.08 bits per heavy atom. The molecule has 0 aromatic rings. The molecule has 144 valence electrons. The van der Waals surface area contributed by atoms with Crippen LogP contribution in [-0.2, 0) is 9.53 Å². The fraction of sp³-hybridized carbons (Fsp3) is 0.889. The number of carbonyl (C=O) groups excluding carboxylic acids is 1. The van der Waals surface area contributed by atoms with Gasteiger partial charge in [0.25, 0.3) is 0 Å². The van der Waals surface area contributed by atoms with Crippen molar-refractivity contribution in [1.82, 2.24) is 20.0 Å². The summed E-state index contributed by atoms with van der Waals surface area (Å²) in [4.78, 5) is 22.9. The van der Waals surface area contributed by atoms with Gasteiger partial charge in [0.05, 0.1) is 12.6 Å². The highest BCUT2D eigenvalue weighted by Gasteiger charge is 2.22. The molecular weight excluding hydrogens is 318 g/mol. The summed E-state index contributed by atoms with van der Waals surface area (Å²) in [5.74, 6) is 1.21. The van der Waals surface area contributed by atoms with E-state index in [0.29, 0.717) is 6.10 Å². The quantitative estimate of drug-likeness (QED) is 0.560. The molecule has 0 radical (unpaired) electrons. The first kappa shape index (κ1) is 20.0. The molecule has 0 atom stereocenters. The highest BCUT2D eigenvalue weighted by molar-refractivity contribution is 5.80. The molecule has 7 heteroatoms. The molecule has 1 amide bonds. The number of guanidine groups is 1. The third kappa shape index (κ3) is 6.47. The van der Waals surface area contributed by atoms with Gasteiger partial charge in [-0.1, -0.05) is 0 Å². The Morgan fingerprint density at radius 2 is 1.76 bits per heavy atom. The standard InChI is InChI=1S/C18H35N5O2/c1-4-19-18(23-9-6-17(7-10-23)25-5-2)20-8-11-21-12-14-22(15-13-21)16(3)24/h17H,4-15H2,1-3H3,(H,19,20). The van der Waals surface area contributed by atoms with Gasteiger partial charge in [-0.15, -0.1) is 0 Å². The molecule has 0 aromatic carbocycles. The zero-order valence-corrected chi connectivity index (χ0v) is 16.2. The van der Waals surface area contributed by atoms with Gasteiger partial charge in [0, 0.05) is 65.9 Å². The molecule has 0 saturated carbocycles. The molecule has 0 bridgehead atoms. The highest BCUT2D eigenvalue weighted by Crippen LogP contribution is 2.13. The second kappa shape index (κ2) is 10.6. The number of amides is 1. The summed E-state index contributed by atoms with van der Waals surface area (Å²) < 4.78 is 5.74. The summed E-state index contributed by atoms with van der Waals surface area (Å²) >= 11 is 0. The van der Waals surface area contributed by atoms with Gasteiger partial charge in [0.2, 0.25) is 5.91 Å². The van der Waals surface area contributed by atoms with Gasteiger partial charge in [0.1, 0.15) is 0 Å². The lowest BCUT2D eigenvalue weighted by Gasteiger charge is -2.35. The number of likely N-dealkylation sites (tertiary alicyclic amines) is 1. The van der Waals surface area contributed by atoms with Gasteiger partial charge in [-0.3, -0.25) is 14.7 Å². The minimum atomic E-state index is 0.183. The molecular formula is C18H35N5O2. The predicted molar refractivity (Wildman–Crippen MR) is 101 cm³/mol. The van der Waals surface area contributed by atoms with Crippen molar-refractivity contribution in [2.24, 2.45) is 4.99 Å². The summed E-state index contributed by atoms with van der Waals surface area (Å²) in [7, 11) is 0. The summed E-state index contributed by atoms with van der Waals surface area (Å²) in [6.45, 7) is 14.9. The van der Waals surface area contributed by atoms with Crippen LogP contribution in [0.4, 0.5) is 0 Å². The number of carbonyl (C=O) groups is 1. The Balaban J connectivity index is 1.75. The molecule has 0 aliphatic carbocycles. The number of nitrogens with one attached hydrogen (secondary N) is 1. The minimum Gasteiger partial charge on any atom is -0.378 e. The van der Waals surface area contributed by atoms with Crippen molar-refractivity contribution in [2.45, 2.75) is 39.7 Å². The maximum Gasteiger partial charge on any atom is 0.219 e. The van der Waals surface area contributed by atoms with Crippen molar-refractivity contribution >= 4 is 11.9 Å². The summed E-state index contributed by atoms with van der Waals surface area (Å²) in [6, 6.07) is 0. The van der Waals surface area contributed by atoms with Crippen LogP contribution in [0.25, 0.3) is 0 Å². The average molecular weight is 354 g/mol. The molecule has 2 aliphatic heterocycles. The Kier molecular flexibility index (Phi) is 8.48. The number of piperidine rings is 1. The smallest absolute Gasteiger partial charge is 0.219 e. The largest absolute Gasteiger partial charge is 0.378 e. The van der Waals surface area contributed by atoms with E-state index >= 15 is 0 Å². The molecule has 0 spiro atoms. The lowest BCUT2D eigenvalue weighted by molar-refractivity contribution is -0.130. The van der Waals surface area contributed by atoms with Gasteiger partial charge in [0.15, 0.2) is 5.96 Å². The molecule has 2 heterocycles. The van der Waals surface area contributed by atoms with Gasteiger partial charge >= 0.3 is 0 Å². The molecule has 2 aliphatic rings. The van der Waals surface area contributed by atoms with Gasteiger partial charge < -0.3 is 19.9 Å². The van der Waals surface area contributed by atoms with E-state index < -0.39 is 0 Å². The van der Waals surface area contributed by atoms with Crippen molar-refractivity contribution in [3.8, 4) is 0 Å². The van der Waals surface area contributed by atoms with E-state index in [2.05, 4.69) is 29.0 Å². The van der Waals surface area contributed by atoms with Crippen LogP contribution < -0.4 is 5.32 Å². The number of hydrogen-bond acceptors (Lipinski definition) is 4. The second-order valence-electron chi connectivity index (χ2n) is 6.73. The molecule has 2 saturated heterocycles. The topological polar surface area (TPSA) is 60.4 Å². The zero-order chi connectivity index (χ0) is 18.1. The number of ether oxygens (including phenoxy) is 1. The van der Waals surface area contributed by atoms with E-state index in [0.717, 1.165) is 84.3 Å². The van der Waals surface area contributed by atoms with Crippen molar-refractivity contribution in [3.63, 3.8) is 0 Å². The van der Waals surface area contributed by atoms with Crippen molar-refractivity contribution < 1.29 is 9.53 Å². The van der Waals surface area contributed by atoms with Crippen molar-refractivity contribution in [3.05, 3.63) is 0 Å². The maximum atomic E-state index is 11.4. The Morgan fingerprint density at radius 3 is 2.32 bits per heavy atom. The predicted octanol–water partition coefficient (Wildman–Crippen LogP) is 0.617. The van der Waals surface area contributed by atoms with Crippen LogP contribution in [0.5, 0.6) is 0 Å². The number of rotatable bonds is 6. The minimum absolute atomic E-state index is 0.183. The normalized spacial score (nSPS) is 20.8. The third-order valence-electron chi connectivity index (χ3n) is 4.97. The van der Waals surface area contributed by atoms with E-state index in [4.69, 9.17) is 9.73 Å².